The van der Waals surface area contributed by atoms with Crippen molar-refractivity contribution in [2.45, 2.75) is 44.4 Å². The van der Waals surface area contributed by atoms with Gasteiger partial charge in [-0.15, -0.1) is 0 Å². The SMILES string of the molecule is COc1ccc(C(=O)N(CC2CN(Cc3ccncc3)CCO2)C2CCCC2)cc1. The van der Waals surface area contributed by atoms with E-state index in [2.05, 4.69) is 26.9 Å². The molecule has 1 aliphatic carbocycles. The largest absolute Gasteiger partial charge is 0.497 e. The molecule has 2 heterocycles. The first-order valence-corrected chi connectivity index (χ1v) is 10.9. The van der Waals surface area contributed by atoms with Crippen LogP contribution in [0.4, 0.5) is 0 Å². The Morgan fingerprint density at radius 3 is 2.60 bits per heavy atom. The van der Waals surface area contributed by atoms with Gasteiger partial charge in [-0.2, -0.15) is 0 Å². The molecule has 2 aromatic rings. The average molecular weight is 410 g/mol. The molecule has 1 atom stereocenters. The van der Waals surface area contributed by atoms with Gasteiger partial charge in [0.15, 0.2) is 0 Å². The second-order valence-electron chi connectivity index (χ2n) is 8.21. The number of nitrogens with zero attached hydrogens (tertiary/aromatic N) is 3. The second kappa shape index (κ2) is 10.0. The Morgan fingerprint density at radius 1 is 1.17 bits per heavy atom. The first-order chi connectivity index (χ1) is 14.7. The van der Waals surface area contributed by atoms with Gasteiger partial charge in [0.05, 0.1) is 19.8 Å². The third-order valence-corrected chi connectivity index (χ3v) is 6.14. The van der Waals surface area contributed by atoms with Crippen LogP contribution in [-0.4, -0.2) is 66.2 Å². The fourth-order valence-electron chi connectivity index (χ4n) is 4.51. The molecule has 1 aliphatic heterocycles. The van der Waals surface area contributed by atoms with Gasteiger partial charge in [-0.05, 0) is 54.8 Å². The third kappa shape index (κ3) is 5.18. The fraction of sp³-hybridized carbons (Fsp3) is 0.500. The lowest BCUT2D eigenvalue weighted by Gasteiger charge is -2.38. The number of ether oxygens (including phenoxy) is 2. The molecule has 2 fully saturated rings. The Morgan fingerprint density at radius 2 is 1.90 bits per heavy atom. The smallest absolute Gasteiger partial charge is 0.254 e. The van der Waals surface area contributed by atoms with E-state index >= 15 is 0 Å². The summed E-state index contributed by atoms with van der Waals surface area (Å²) in [5.41, 5.74) is 1.97. The lowest BCUT2D eigenvalue weighted by Crippen LogP contribution is -2.50. The highest BCUT2D eigenvalue weighted by molar-refractivity contribution is 5.94. The number of hydrogen-bond donors (Lipinski definition) is 0. The van der Waals surface area contributed by atoms with E-state index in [1.165, 1.54) is 18.4 Å². The summed E-state index contributed by atoms with van der Waals surface area (Å²) in [6.45, 7) is 3.97. The quantitative estimate of drug-likeness (QED) is 0.702. The molecule has 0 bridgehead atoms. The summed E-state index contributed by atoms with van der Waals surface area (Å²) in [5, 5.41) is 0. The molecule has 30 heavy (non-hydrogen) atoms. The Kier molecular flexibility index (Phi) is 6.97. The van der Waals surface area contributed by atoms with Gasteiger partial charge in [0.1, 0.15) is 5.75 Å². The zero-order chi connectivity index (χ0) is 20.8. The zero-order valence-corrected chi connectivity index (χ0v) is 17.7. The molecule has 0 spiro atoms. The molecular weight excluding hydrogens is 378 g/mol. The highest BCUT2D eigenvalue weighted by atomic mass is 16.5. The van der Waals surface area contributed by atoms with Crippen molar-refractivity contribution in [2.24, 2.45) is 0 Å². The average Bonchev–Trinajstić information content (AvgIpc) is 3.33. The number of morpholine rings is 1. The van der Waals surface area contributed by atoms with Crippen LogP contribution in [0.25, 0.3) is 0 Å². The van der Waals surface area contributed by atoms with E-state index in [1.54, 1.807) is 7.11 Å². The van der Waals surface area contributed by atoms with Gasteiger partial charge >= 0.3 is 0 Å². The molecule has 1 amide bonds. The summed E-state index contributed by atoms with van der Waals surface area (Å²) in [4.78, 5) is 22.0. The first-order valence-electron chi connectivity index (χ1n) is 10.9. The van der Waals surface area contributed by atoms with Crippen LogP contribution in [0.2, 0.25) is 0 Å². The topological polar surface area (TPSA) is 54.9 Å². The monoisotopic (exact) mass is 409 g/mol. The van der Waals surface area contributed by atoms with Crippen LogP contribution in [0.1, 0.15) is 41.6 Å². The second-order valence-corrected chi connectivity index (χ2v) is 8.21. The van der Waals surface area contributed by atoms with Gasteiger partial charge in [-0.1, -0.05) is 12.8 Å². The number of carbonyl (C=O) groups excluding carboxylic acids is 1. The summed E-state index contributed by atoms with van der Waals surface area (Å²) in [7, 11) is 1.64. The van der Waals surface area contributed by atoms with E-state index in [1.807, 2.05) is 36.7 Å². The number of carbonyl (C=O) groups is 1. The van der Waals surface area contributed by atoms with Gasteiger partial charge in [0, 0.05) is 50.2 Å². The van der Waals surface area contributed by atoms with E-state index < -0.39 is 0 Å². The summed E-state index contributed by atoms with van der Waals surface area (Å²) < 4.78 is 11.3. The molecular formula is C24H31N3O3. The number of aromatic nitrogens is 1. The first kappa shape index (κ1) is 20.8. The van der Waals surface area contributed by atoms with E-state index in [9.17, 15) is 4.79 Å². The van der Waals surface area contributed by atoms with Crippen molar-refractivity contribution >= 4 is 5.91 Å². The summed E-state index contributed by atoms with van der Waals surface area (Å²) in [6.07, 6.45) is 8.24. The molecule has 1 unspecified atom stereocenters. The van der Waals surface area contributed by atoms with Crippen molar-refractivity contribution in [3.8, 4) is 5.75 Å². The molecule has 1 aromatic heterocycles. The van der Waals surface area contributed by atoms with E-state index in [-0.39, 0.29) is 12.0 Å². The van der Waals surface area contributed by atoms with Crippen molar-refractivity contribution in [3.63, 3.8) is 0 Å². The Bertz CT molecular complexity index is 806. The molecule has 6 heteroatoms. The van der Waals surface area contributed by atoms with E-state index in [0.29, 0.717) is 24.8 Å². The number of methoxy groups -OCH3 is 1. The molecule has 1 saturated carbocycles. The predicted molar refractivity (Wildman–Crippen MR) is 116 cm³/mol. The maximum atomic E-state index is 13.4. The van der Waals surface area contributed by atoms with Crippen LogP contribution >= 0.6 is 0 Å². The van der Waals surface area contributed by atoms with Crippen molar-refractivity contribution in [1.82, 2.24) is 14.8 Å². The molecule has 0 N–H and O–H groups in total. The minimum absolute atomic E-state index is 0.0309. The van der Waals surface area contributed by atoms with Crippen LogP contribution < -0.4 is 4.74 Å². The van der Waals surface area contributed by atoms with Gasteiger partial charge in [0.25, 0.3) is 5.91 Å². The van der Waals surface area contributed by atoms with Gasteiger partial charge in [-0.3, -0.25) is 14.7 Å². The molecule has 1 saturated heterocycles. The minimum atomic E-state index is 0.0309. The number of pyridine rings is 1. The van der Waals surface area contributed by atoms with Crippen molar-refractivity contribution in [3.05, 3.63) is 59.9 Å². The van der Waals surface area contributed by atoms with Crippen molar-refractivity contribution in [2.75, 3.05) is 33.4 Å². The van der Waals surface area contributed by atoms with Gasteiger partial charge in [-0.25, -0.2) is 0 Å². The maximum absolute atomic E-state index is 13.4. The Hall–Kier alpha value is -2.44. The summed E-state index contributed by atoms with van der Waals surface area (Å²) in [5.74, 6) is 0.862. The minimum Gasteiger partial charge on any atom is -0.497 e. The molecule has 1 aromatic carbocycles. The number of benzene rings is 1. The van der Waals surface area contributed by atoms with E-state index in [0.717, 1.165) is 38.2 Å². The van der Waals surface area contributed by atoms with E-state index in [4.69, 9.17) is 9.47 Å². The number of amides is 1. The Balaban J connectivity index is 1.43. The van der Waals surface area contributed by atoms with Crippen LogP contribution in [0, 0.1) is 0 Å². The molecule has 4 rings (SSSR count). The normalized spacial score (nSPS) is 20.2. The molecule has 160 valence electrons. The van der Waals surface area contributed by atoms with Crippen molar-refractivity contribution < 1.29 is 14.3 Å². The predicted octanol–water partition coefficient (Wildman–Crippen LogP) is 3.38. The summed E-state index contributed by atoms with van der Waals surface area (Å²) >= 11 is 0. The molecule has 0 radical (unpaired) electrons. The highest BCUT2D eigenvalue weighted by Crippen LogP contribution is 2.26. The lowest BCUT2D eigenvalue weighted by molar-refractivity contribution is -0.0468. The summed E-state index contributed by atoms with van der Waals surface area (Å²) in [6, 6.07) is 11.9. The maximum Gasteiger partial charge on any atom is 0.254 e. The lowest BCUT2D eigenvalue weighted by atomic mass is 10.1. The van der Waals surface area contributed by atoms with Gasteiger partial charge < -0.3 is 14.4 Å². The van der Waals surface area contributed by atoms with Crippen LogP contribution in [-0.2, 0) is 11.3 Å². The van der Waals surface area contributed by atoms with Crippen molar-refractivity contribution in [1.29, 1.82) is 0 Å². The number of rotatable bonds is 7. The number of hydrogen-bond acceptors (Lipinski definition) is 5. The third-order valence-electron chi connectivity index (χ3n) is 6.14. The highest BCUT2D eigenvalue weighted by Gasteiger charge is 2.31. The Labute approximate surface area is 178 Å². The zero-order valence-electron chi connectivity index (χ0n) is 17.7. The molecule has 6 nitrogen and oxygen atoms in total. The molecule has 2 aliphatic rings. The van der Waals surface area contributed by atoms with Crippen LogP contribution in [0.5, 0.6) is 5.75 Å². The van der Waals surface area contributed by atoms with Gasteiger partial charge in [0.2, 0.25) is 0 Å². The standard InChI is InChI=1S/C24H31N3O3/c1-29-22-8-6-20(7-9-22)24(28)27(21-4-2-3-5-21)18-23-17-26(14-15-30-23)16-19-10-12-25-13-11-19/h6-13,21,23H,2-5,14-18H2,1H3. The van der Waals surface area contributed by atoms with Crippen LogP contribution in [0.15, 0.2) is 48.8 Å². The van der Waals surface area contributed by atoms with Crippen LogP contribution in [0.3, 0.4) is 0 Å². The fourth-order valence-corrected chi connectivity index (χ4v) is 4.51.